The van der Waals surface area contributed by atoms with Crippen LogP contribution in [0.1, 0.15) is 0 Å². The average molecular weight is 136 g/mol. The highest BCUT2D eigenvalue weighted by molar-refractivity contribution is 5.47. The molecule has 0 aliphatic rings. The molecule has 0 fully saturated rings. The normalized spacial score (nSPS) is 7.40. The van der Waals surface area contributed by atoms with Crippen LogP contribution in [0, 0.1) is 10.8 Å². The van der Waals surface area contributed by atoms with Crippen molar-refractivity contribution in [3.8, 4) is 0 Å². The number of rotatable bonds is 0. The summed E-state index contributed by atoms with van der Waals surface area (Å²) in [5, 5.41) is 12.0. The van der Waals surface area contributed by atoms with E-state index in [0.29, 0.717) is 0 Å². The van der Waals surface area contributed by atoms with Gasteiger partial charge in [0.1, 0.15) is 0 Å². The molecular weight excluding hydrogens is 128 g/mol. The molecule has 0 aliphatic carbocycles. The molecule has 0 aliphatic heterocycles. The monoisotopic (exact) mass is 136 g/mol. The Labute approximate surface area is 58.9 Å². The van der Waals surface area contributed by atoms with Crippen molar-refractivity contribution in [2.45, 2.75) is 0 Å². The van der Waals surface area contributed by atoms with Gasteiger partial charge in [-0.15, -0.1) is 0 Å². The smallest absolute Gasteiger partial charge is 0.0315 e. The van der Waals surface area contributed by atoms with E-state index in [1.165, 1.54) is 0 Å². The maximum absolute atomic E-state index is 6.00. The zero-order valence-corrected chi connectivity index (χ0v) is 5.36. The van der Waals surface area contributed by atoms with Gasteiger partial charge < -0.3 is 11.5 Å². The highest BCUT2D eigenvalue weighted by atomic mass is 14.6. The van der Waals surface area contributed by atoms with Crippen LogP contribution in [-0.2, 0) is 0 Å². The molecule has 1 aromatic rings. The summed E-state index contributed by atoms with van der Waals surface area (Å²) < 4.78 is 0. The number of nitrogens with two attached hydrogens (primary N) is 2. The largest absolute Gasteiger partial charge is 0.399 e. The molecule has 0 heterocycles. The lowest BCUT2D eigenvalue weighted by Crippen LogP contribution is -1.86. The zero-order chi connectivity index (χ0) is 7.98. The molecule has 0 atom stereocenters. The minimum atomic E-state index is 0.749. The molecule has 0 amide bonds. The number of nitrogen functional groups attached to an aromatic ring is 2. The molecule has 1 rings (SSSR count). The molecule has 10 heavy (non-hydrogen) atoms. The second-order valence-electron chi connectivity index (χ2n) is 1.67. The van der Waals surface area contributed by atoms with Crippen molar-refractivity contribution in [2.24, 2.45) is 0 Å². The molecular formula is C6H8N4. The summed E-state index contributed by atoms with van der Waals surface area (Å²) in [6.45, 7) is 0. The van der Waals surface area contributed by atoms with Gasteiger partial charge in [-0.3, -0.25) is 0 Å². The fourth-order valence-corrected chi connectivity index (χ4v) is 0.496. The molecule has 4 heteroatoms. The summed E-state index contributed by atoms with van der Waals surface area (Å²) in [6.07, 6.45) is 0. The van der Waals surface area contributed by atoms with Crippen LogP contribution in [0.4, 0.5) is 11.4 Å². The Bertz CT molecular complexity index is 180. The minimum Gasteiger partial charge on any atom is -0.399 e. The Morgan fingerprint density at radius 2 is 1.00 bits per heavy atom. The van der Waals surface area contributed by atoms with Crippen molar-refractivity contribution in [1.82, 2.24) is 0 Å². The first-order valence-electron chi connectivity index (χ1n) is 2.60. The van der Waals surface area contributed by atoms with E-state index < -0.39 is 0 Å². The Morgan fingerprint density at radius 3 is 1.20 bits per heavy atom. The Morgan fingerprint density at radius 1 is 0.800 bits per heavy atom. The number of benzene rings is 1. The van der Waals surface area contributed by atoms with Crippen molar-refractivity contribution in [3.63, 3.8) is 0 Å². The van der Waals surface area contributed by atoms with Crippen molar-refractivity contribution < 1.29 is 0 Å². The Balaban J connectivity index is 0.000000371. The van der Waals surface area contributed by atoms with Crippen molar-refractivity contribution in [3.05, 3.63) is 24.3 Å². The van der Waals surface area contributed by atoms with E-state index in [9.17, 15) is 0 Å². The molecule has 0 saturated heterocycles. The number of hydrogen-bond donors (Lipinski definition) is 2. The molecule has 52 valence electrons. The van der Waals surface area contributed by atoms with Gasteiger partial charge in [0.2, 0.25) is 0 Å². The highest BCUT2D eigenvalue weighted by Crippen LogP contribution is 2.04. The van der Waals surface area contributed by atoms with E-state index in [2.05, 4.69) is 0 Å². The van der Waals surface area contributed by atoms with E-state index in [1.807, 2.05) is 0 Å². The van der Waals surface area contributed by atoms with Crippen LogP contribution in [0.2, 0.25) is 0 Å². The molecule has 0 saturated carbocycles. The number of nitrogens with zero attached hydrogens (tertiary/aromatic N) is 2. The molecule has 0 aromatic heterocycles. The van der Waals surface area contributed by atoms with E-state index in [1.54, 1.807) is 24.3 Å². The van der Waals surface area contributed by atoms with Gasteiger partial charge in [-0.05, 0) is 24.3 Å². The molecule has 4 N–H and O–H groups in total. The predicted octanol–water partition coefficient (Wildman–Crippen LogP) is 0.881. The molecule has 0 radical (unpaired) electrons. The zero-order valence-electron chi connectivity index (χ0n) is 5.36. The third-order valence-electron chi connectivity index (χ3n) is 0.936. The fraction of sp³-hybridized carbons (Fsp3) is 0. The summed E-state index contributed by atoms with van der Waals surface area (Å²) >= 11 is 0. The Hall–Kier alpha value is -1.76. The van der Waals surface area contributed by atoms with Gasteiger partial charge in [-0.25, -0.2) is 0 Å². The summed E-state index contributed by atoms with van der Waals surface area (Å²) in [5.74, 6) is 0. The number of hydrogen-bond acceptors (Lipinski definition) is 4. The SMILES string of the molecule is N#N.Nc1ccc(N)cc1. The van der Waals surface area contributed by atoms with Crippen LogP contribution >= 0.6 is 0 Å². The molecule has 0 unspecified atom stereocenters. The van der Waals surface area contributed by atoms with Crippen LogP contribution in [0.5, 0.6) is 0 Å². The average Bonchev–Trinajstić information content (AvgIpc) is 2.00. The van der Waals surface area contributed by atoms with Crippen LogP contribution < -0.4 is 11.5 Å². The first-order valence-corrected chi connectivity index (χ1v) is 2.60. The van der Waals surface area contributed by atoms with Crippen molar-refractivity contribution >= 4 is 11.4 Å². The highest BCUT2D eigenvalue weighted by Gasteiger charge is 1.80. The van der Waals surface area contributed by atoms with Crippen LogP contribution in [0.3, 0.4) is 0 Å². The van der Waals surface area contributed by atoms with Crippen LogP contribution in [-0.4, -0.2) is 0 Å². The predicted molar refractivity (Wildman–Crippen MR) is 38.7 cm³/mol. The van der Waals surface area contributed by atoms with E-state index in [0.717, 1.165) is 11.4 Å². The van der Waals surface area contributed by atoms with Gasteiger partial charge in [0.15, 0.2) is 0 Å². The van der Waals surface area contributed by atoms with E-state index >= 15 is 0 Å². The van der Waals surface area contributed by atoms with Gasteiger partial charge in [0.25, 0.3) is 0 Å². The fourth-order valence-electron chi connectivity index (χ4n) is 0.496. The quantitative estimate of drug-likeness (QED) is 0.408. The van der Waals surface area contributed by atoms with E-state index in [-0.39, 0.29) is 0 Å². The van der Waals surface area contributed by atoms with Crippen LogP contribution in [0.15, 0.2) is 24.3 Å². The topological polar surface area (TPSA) is 99.6 Å². The van der Waals surface area contributed by atoms with E-state index in [4.69, 9.17) is 22.3 Å². The first-order chi connectivity index (χ1) is 4.79. The molecule has 0 bridgehead atoms. The Kier molecular flexibility index (Phi) is 3.42. The third kappa shape index (κ3) is 2.52. The van der Waals surface area contributed by atoms with Gasteiger partial charge in [0.05, 0.1) is 0 Å². The van der Waals surface area contributed by atoms with Crippen molar-refractivity contribution in [1.29, 1.82) is 10.8 Å². The second-order valence-corrected chi connectivity index (χ2v) is 1.67. The number of anilines is 2. The lowest BCUT2D eigenvalue weighted by molar-refractivity contribution is 1.15. The maximum Gasteiger partial charge on any atom is 0.0315 e. The summed E-state index contributed by atoms with van der Waals surface area (Å²) in [5.41, 5.74) is 12.2. The molecule has 4 nitrogen and oxygen atoms in total. The summed E-state index contributed by atoms with van der Waals surface area (Å²) in [4.78, 5) is 0. The summed E-state index contributed by atoms with van der Waals surface area (Å²) in [7, 11) is 0. The minimum absolute atomic E-state index is 0.749. The lowest BCUT2D eigenvalue weighted by atomic mass is 10.3. The summed E-state index contributed by atoms with van der Waals surface area (Å²) in [6, 6.07) is 7.09. The second kappa shape index (κ2) is 4.15. The maximum atomic E-state index is 6.00. The van der Waals surface area contributed by atoms with Gasteiger partial charge in [0, 0.05) is 22.2 Å². The van der Waals surface area contributed by atoms with Gasteiger partial charge in [-0.2, -0.15) is 0 Å². The lowest BCUT2D eigenvalue weighted by Gasteiger charge is -1.90. The standard InChI is InChI=1S/C6H8N2.N2/c7-5-1-2-6(8)4-3-5;1-2/h1-4H,7-8H2;. The van der Waals surface area contributed by atoms with Crippen molar-refractivity contribution in [2.75, 3.05) is 11.5 Å². The first kappa shape index (κ1) is 8.24. The van der Waals surface area contributed by atoms with Gasteiger partial charge in [-0.1, -0.05) is 0 Å². The van der Waals surface area contributed by atoms with Crippen LogP contribution in [0.25, 0.3) is 0 Å². The van der Waals surface area contributed by atoms with Gasteiger partial charge >= 0.3 is 0 Å². The third-order valence-corrected chi connectivity index (χ3v) is 0.936. The molecule has 1 aromatic carbocycles. The molecule has 0 spiro atoms.